The van der Waals surface area contributed by atoms with Crippen LogP contribution in [-0.4, -0.2) is 27.5 Å². The first-order valence-electron chi connectivity index (χ1n) is 9.36. The lowest BCUT2D eigenvalue weighted by Gasteiger charge is -2.15. The Kier molecular flexibility index (Phi) is 4.93. The van der Waals surface area contributed by atoms with Crippen molar-refractivity contribution in [3.63, 3.8) is 0 Å². The highest BCUT2D eigenvalue weighted by atomic mass is 16.3. The lowest BCUT2D eigenvalue weighted by molar-refractivity contribution is 0.241. The Hall–Kier alpha value is -4.14. The number of hydrogen-bond donors (Lipinski definition) is 4. The van der Waals surface area contributed by atoms with E-state index in [2.05, 4.69) is 21.0 Å². The monoisotopic (exact) mass is 405 g/mol. The third kappa shape index (κ3) is 3.48. The highest BCUT2D eigenvalue weighted by molar-refractivity contribution is 5.92. The minimum Gasteiger partial charge on any atom is -0.508 e. The van der Waals surface area contributed by atoms with Crippen LogP contribution in [0.4, 0.5) is 21.9 Å². The summed E-state index contributed by atoms with van der Waals surface area (Å²) >= 11 is 0. The van der Waals surface area contributed by atoms with Crippen molar-refractivity contribution in [3.8, 4) is 5.75 Å². The van der Waals surface area contributed by atoms with Crippen LogP contribution in [0.5, 0.6) is 5.75 Å². The van der Waals surface area contributed by atoms with Gasteiger partial charge in [-0.05, 0) is 42.8 Å². The molecule has 0 unspecified atom stereocenters. The van der Waals surface area contributed by atoms with Crippen LogP contribution in [0.2, 0.25) is 0 Å². The van der Waals surface area contributed by atoms with Gasteiger partial charge in [-0.25, -0.2) is 4.79 Å². The predicted molar refractivity (Wildman–Crippen MR) is 114 cm³/mol. The van der Waals surface area contributed by atoms with Crippen molar-refractivity contribution in [3.05, 3.63) is 74.7 Å². The molecule has 0 fully saturated rings. The van der Waals surface area contributed by atoms with E-state index in [1.165, 1.54) is 4.68 Å². The molecule has 0 spiro atoms. The number of benzene rings is 2. The van der Waals surface area contributed by atoms with Crippen molar-refractivity contribution in [1.29, 1.82) is 0 Å². The molecule has 0 aliphatic carbocycles. The Morgan fingerprint density at radius 1 is 1.10 bits per heavy atom. The lowest BCUT2D eigenvalue weighted by atomic mass is 10.1. The number of phenolic OH excluding ortho intramolecular Hbond substituents is 1. The standard InChI is InChI=1S/C21H19N5O4/c1-2-22-21(30)26-16-7-6-14(9-13(16)11-24-26)25-18-17(19(28)20(18)29)23-10-12-4-3-5-15(27)8-12/h3-9,11,23,25,27H,2,10H2,1H3,(H,22,30). The first-order chi connectivity index (χ1) is 14.5. The van der Waals surface area contributed by atoms with E-state index >= 15 is 0 Å². The summed E-state index contributed by atoms with van der Waals surface area (Å²) in [5.41, 5.74) is 1.16. The van der Waals surface area contributed by atoms with Crippen LogP contribution in [0, 0.1) is 0 Å². The van der Waals surface area contributed by atoms with Gasteiger partial charge >= 0.3 is 6.03 Å². The second kappa shape index (κ2) is 7.70. The molecule has 9 heteroatoms. The normalized spacial score (nSPS) is 11.0. The van der Waals surface area contributed by atoms with E-state index in [4.69, 9.17) is 0 Å². The second-order valence-electron chi connectivity index (χ2n) is 6.72. The van der Waals surface area contributed by atoms with E-state index in [1.807, 2.05) is 6.92 Å². The first kappa shape index (κ1) is 19.2. The Morgan fingerprint density at radius 2 is 1.90 bits per heavy atom. The van der Waals surface area contributed by atoms with Gasteiger partial charge in [0.1, 0.15) is 17.1 Å². The number of hydrogen-bond acceptors (Lipinski definition) is 7. The zero-order valence-corrected chi connectivity index (χ0v) is 16.1. The van der Waals surface area contributed by atoms with E-state index in [1.54, 1.807) is 48.7 Å². The van der Waals surface area contributed by atoms with E-state index in [9.17, 15) is 19.5 Å². The van der Waals surface area contributed by atoms with Crippen LogP contribution < -0.4 is 26.8 Å². The van der Waals surface area contributed by atoms with Crippen LogP contribution in [0.1, 0.15) is 12.5 Å². The van der Waals surface area contributed by atoms with Gasteiger partial charge in [0.25, 0.3) is 10.9 Å². The number of carbonyl (C=O) groups is 1. The van der Waals surface area contributed by atoms with E-state index < -0.39 is 10.9 Å². The van der Waals surface area contributed by atoms with Gasteiger partial charge in [-0.3, -0.25) is 9.59 Å². The van der Waals surface area contributed by atoms with E-state index in [-0.39, 0.29) is 29.7 Å². The molecule has 0 saturated heterocycles. The van der Waals surface area contributed by atoms with Crippen LogP contribution >= 0.6 is 0 Å². The third-order valence-electron chi connectivity index (χ3n) is 4.65. The minimum atomic E-state index is -0.605. The molecule has 0 bridgehead atoms. The Morgan fingerprint density at radius 3 is 2.67 bits per heavy atom. The molecule has 30 heavy (non-hydrogen) atoms. The highest BCUT2D eigenvalue weighted by Gasteiger charge is 2.21. The largest absolute Gasteiger partial charge is 0.508 e. The number of rotatable bonds is 6. The third-order valence-corrected chi connectivity index (χ3v) is 4.65. The van der Waals surface area contributed by atoms with Gasteiger partial charge in [0.2, 0.25) is 0 Å². The number of carbonyl (C=O) groups excluding carboxylic acids is 1. The highest BCUT2D eigenvalue weighted by Crippen LogP contribution is 2.25. The molecule has 3 aromatic carbocycles. The fraction of sp³-hybridized carbons (Fsp3) is 0.143. The fourth-order valence-corrected chi connectivity index (χ4v) is 3.18. The summed E-state index contributed by atoms with van der Waals surface area (Å²) in [4.78, 5) is 36.1. The second-order valence-corrected chi connectivity index (χ2v) is 6.72. The summed E-state index contributed by atoms with van der Waals surface area (Å²) in [6, 6.07) is 11.5. The van der Waals surface area contributed by atoms with Crippen LogP contribution in [0.15, 0.2) is 58.3 Å². The van der Waals surface area contributed by atoms with Crippen molar-refractivity contribution in [2.24, 2.45) is 0 Å². The predicted octanol–water partition coefficient (Wildman–Crippen LogP) is 2.27. The average Bonchev–Trinajstić information content (AvgIpc) is 3.16. The van der Waals surface area contributed by atoms with Crippen molar-refractivity contribution >= 4 is 34.0 Å². The number of amides is 1. The minimum absolute atomic E-state index is 0.124. The molecule has 1 heterocycles. The average molecular weight is 405 g/mol. The molecule has 0 atom stereocenters. The molecule has 4 N–H and O–H groups in total. The molecule has 0 aliphatic rings. The molecule has 9 nitrogen and oxygen atoms in total. The van der Waals surface area contributed by atoms with Gasteiger partial charge in [-0.1, -0.05) is 12.1 Å². The molecule has 1 amide bonds. The SMILES string of the molecule is CCNC(=O)n1ncc2cc(Nc3c(NCc4cccc(O)c4)c(=O)c3=O)ccc21. The smallest absolute Gasteiger partial charge is 0.342 e. The fourth-order valence-electron chi connectivity index (χ4n) is 3.18. The van der Waals surface area contributed by atoms with Crippen molar-refractivity contribution in [2.45, 2.75) is 13.5 Å². The van der Waals surface area contributed by atoms with Gasteiger partial charge in [-0.15, -0.1) is 0 Å². The topological polar surface area (TPSA) is 125 Å². The van der Waals surface area contributed by atoms with Gasteiger partial charge < -0.3 is 21.1 Å². The number of aromatic hydroxyl groups is 1. The van der Waals surface area contributed by atoms with Crippen LogP contribution in [0.3, 0.4) is 0 Å². The Balaban J connectivity index is 1.54. The molecular formula is C21H19N5O4. The van der Waals surface area contributed by atoms with Gasteiger partial charge in [0.05, 0.1) is 11.7 Å². The van der Waals surface area contributed by atoms with E-state index in [0.717, 1.165) is 5.56 Å². The summed E-state index contributed by atoms with van der Waals surface area (Å²) in [6.45, 7) is 2.59. The summed E-state index contributed by atoms with van der Waals surface area (Å²) in [5.74, 6) is 0.124. The summed E-state index contributed by atoms with van der Waals surface area (Å²) in [5, 5.41) is 22.9. The van der Waals surface area contributed by atoms with E-state index in [0.29, 0.717) is 23.1 Å². The molecule has 4 aromatic rings. The molecular weight excluding hydrogens is 386 g/mol. The van der Waals surface area contributed by atoms with Gasteiger partial charge in [-0.2, -0.15) is 9.78 Å². The summed E-state index contributed by atoms with van der Waals surface area (Å²) in [7, 11) is 0. The number of nitrogens with zero attached hydrogens (tertiary/aromatic N) is 2. The molecule has 0 radical (unpaired) electrons. The first-order valence-corrected chi connectivity index (χ1v) is 9.36. The van der Waals surface area contributed by atoms with Crippen molar-refractivity contribution in [2.75, 3.05) is 17.2 Å². The number of aromatic nitrogens is 2. The number of fused-ring (bicyclic) bond motifs is 1. The Labute approximate surface area is 170 Å². The van der Waals surface area contributed by atoms with Crippen molar-refractivity contribution < 1.29 is 9.90 Å². The van der Waals surface area contributed by atoms with Gasteiger partial charge in [0.15, 0.2) is 0 Å². The number of anilines is 3. The summed E-state index contributed by atoms with van der Waals surface area (Å²) in [6.07, 6.45) is 1.55. The maximum atomic E-state index is 12.1. The zero-order valence-electron chi connectivity index (χ0n) is 16.1. The summed E-state index contributed by atoms with van der Waals surface area (Å²) < 4.78 is 1.27. The maximum Gasteiger partial charge on any atom is 0.342 e. The quantitative estimate of drug-likeness (QED) is 0.363. The van der Waals surface area contributed by atoms with Crippen LogP contribution in [0.25, 0.3) is 10.9 Å². The molecule has 1 aromatic heterocycles. The van der Waals surface area contributed by atoms with Crippen molar-refractivity contribution in [1.82, 2.24) is 15.1 Å². The molecule has 0 saturated carbocycles. The maximum absolute atomic E-state index is 12.1. The molecule has 152 valence electrons. The number of nitrogens with one attached hydrogen (secondary N) is 3. The van der Waals surface area contributed by atoms with Gasteiger partial charge in [0, 0.05) is 24.2 Å². The Bertz CT molecular complexity index is 1320. The number of phenols is 1. The van der Waals surface area contributed by atoms with Crippen LogP contribution in [-0.2, 0) is 6.54 Å². The molecule has 0 aliphatic heterocycles. The zero-order chi connectivity index (χ0) is 21.3. The molecule has 4 rings (SSSR count). The lowest BCUT2D eigenvalue weighted by Crippen LogP contribution is -2.36.